The minimum absolute atomic E-state index is 0.338. The molecule has 0 bridgehead atoms. The number of rotatable bonds is 5. The SMILES string of the molecule is COc1ccc(SCC(C)(C)CBr)cc1. The summed E-state index contributed by atoms with van der Waals surface area (Å²) in [5, 5.41) is 1.03. The Bertz CT molecular complexity index is 295. The van der Waals surface area contributed by atoms with Gasteiger partial charge >= 0.3 is 0 Å². The molecule has 0 unspecified atom stereocenters. The molecule has 0 saturated heterocycles. The number of alkyl halides is 1. The molecular formula is C12H17BrOS. The first-order chi connectivity index (χ1) is 7.07. The van der Waals surface area contributed by atoms with Crippen molar-refractivity contribution in [3.8, 4) is 5.75 Å². The number of ether oxygens (including phenoxy) is 1. The molecule has 15 heavy (non-hydrogen) atoms. The van der Waals surface area contributed by atoms with Crippen molar-refractivity contribution in [2.24, 2.45) is 5.41 Å². The van der Waals surface area contributed by atoms with E-state index in [0.29, 0.717) is 5.41 Å². The molecule has 0 aliphatic rings. The monoisotopic (exact) mass is 288 g/mol. The molecule has 0 aliphatic heterocycles. The summed E-state index contributed by atoms with van der Waals surface area (Å²) >= 11 is 5.42. The quantitative estimate of drug-likeness (QED) is 0.593. The van der Waals surface area contributed by atoms with Gasteiger partial charge in [-0.1, -0.05) is 29.8 Å². The van der Waals surface area contributed by atoms with E-state index in [1.54, 1.807) is 7.11 Å². The minimum Gasteiger partial charge on any atom is -0.497 e. The van der Waals surface area contributed by atoms with Gasteiger partial charge in [0.1, 0.15) is 5.75 Å². The third-order valence-corrected chi connectivity index (χ3v) is 5.10. The molecule has 1 rings (SSSR count). The summed E-state index contributed by atoms with van der Waals surface area (Å²) < 4.78 is 5.12. The zero-order valence-corrected chi connectivity index (χ0v) is 11.8. The fourth-order valence-corrected chi connectivity index (χ4v) is 2.44. The van der Waals surface area contributed by atoms with Crippen LogP contribution < -0.4 is 4.74 Å². The van der Waals surface area contributed by atoms with Gasteiger partial charge < -0.3 is 4.74 Å². The minimum atomic E-state index is 0.338. The van der Waals surface area contributed by atoms with Crippen LogP contribution in [0.2, 0.25) is 0 Å². The lowest BCUT2D eigenvalue weighted by Crippen LogP contribution is -2.15. The Morgan fingerprint density at radius 1 is 1.27 bits per heavy atom. The molecule has 1 aromatic carbocycles. The highest BCUT2D eigenvalue weighted by molar-refractivity contribution is 9.09. The van der Waals surface area contributed by atoms with E-state index in [2.05, 4.69) is 41.9 Å². The first-order valence-electron chi connectivity index (χ1n) is 4.90. The van der Waals surface area contributed by atoms with Gasteiger partial charge in [0.2, 0.25) is 0 Å². The highest BCUT2D eigenvalue weighted by Crippen LogP contribution is 2.29. The van der Waals surface area contributed by atoms with Gasteiger partial charge in [-0.05, 0) is 29.7 Å². The van der Waals surface area contributed by atoms with Crippen molar-refractivity contribution in [1.29, 1.82) is 0 Å². The first kappa shape index (κ1) is 12.9. The van der Waals surface area contributed by atoms with Gasteiger partial charge in [-0.3, -0.25) is 0 Å². The lowest BCUT2D eigenvalue weighted by Gasteiger charge is -2.20. The van der Waals surface area contributed by atoms with Crippen molar-refractivity contribution in [2.75, 3.05) is 18.2 Å². The van der Waals surface area contributed by atoms with Crippen LogP contribution in [0.4, 0.5) is 0 Å². The molecule has 0 fully saturated rings. The molecule has 0 heterocycles. The Hall–Kier alpha value is -0.150. The Morgan fingerprint density at radius 2 is 1.87 bits per heavy atom. The zero-order chi connectivity index (χ0) is 11.3. The van der Waals surface area contributed by atoms with Crippen LogP contribution in [0, 0.1) is 5.41 Å². The number of hydrogen-bond acceptors (Lipinski definition) is 2. The summed E-state index contributed by atoms with van der Waals surface area (Å²) in [6.45, 7) is 4.52. The molecule has 0 aromatic heterocycles. The maximum Gasteiger partial charge on any atom is 0.118 e. The van der Waals surface area contributed by atoms with E-state index in [1.807, 2.05) is 23.9 Å². The average molecular weight is 289 g/mol. The Kier molecular flexibility index (Phi) is 5.00. The first-order valence-corrected chi connectivity index (χ1v) is 7.01. The molecule has 1 aromatic rings. The number of benzene rings is 1. The summed E-state index contributed by atoms with van der Waals surface area (Å²) in [7, 11) is 1.69. The second-order valence-electron chi connectivity index (χ2n) is 4.26. The molecule has 0 spiro atoms. The number of methoxy groups -OCH3 is 1. The Morgan fingerprint density at radius 3 is 2.33 bits per heavy atom. The second kappa shape index (κ2) is 5.80. The maximum absolute atomic E-state index is 5.12. The molecular weight excluding hydrogens is 272 g/mol. The predicted octanol–water partition coefficient (Wildman–Crippen LogP) is 4.21. The van der Waals surface area contributed by atoms with E-state index in [1.165, 1.54) is 4.90 Å². The largest absolute Gasteiger partial charge is 0.497 e. The Balaban J connectivity index is 2.51. The summed E-state index contributed by atoms with van der Waals surface area (Å²) in [6, 6.07) is 8.22. The van der Waals surface area contributed by atoms with Gasteiger partial charge in [0, 0.05) is 16.0 Å². The van der Waals surface area contributed by atoms with Crippen molar-refractivity contribution in [3.05, 3.63) is 24.3 Å². The summed E-state index contributed by atoms with van der Waals surface area (Å²) in [5.41, 5.74) is 0.338. The van der Waals surface area contributed by atoms with Crippen molar-refractivity contribution in [2.45, 2.75) is 18.7 Å². The van der Waals surface area contributed by atoms with Crippen LogP contribution in [0.1, 0.15) is 13.8 Å². The third kappa shape index (κ3) is 4.47. The smallest absolute Gasteiger partial charge is 0.118 e. The Labute approximate surface area is 105 Å². The summed E-state index contributed by atoms with van der Waals surface area (Å²) in [4.78, 5) is 1.30. The molecule has 0 amide bonds. The lowest BCUT2D eigenvalue weighted by atomic mass is 10.0. The molecule has 0 radical (unpaired) electrons. The van der Waals surface area contributed by atoms with Crippen LogP contribution in [0.3, 0.4) is 0 Å². The molecule has 0 N–H and O–H groups in total. The number of hydrogen-bond donors (Lipinski definition) is 0. The van der Waals surface area contributed by atoms with E-state index in [0.717, 1.165) is 16.8 Å². The van der Waals surface area contributed by atoms with Crippen LogP contribution in [0.15, 0.2) is 29.2 Å². The van der Waals surface area contributed by atoms with Gasteiger partial charge in [-0.15, -0.1) is 11.8 Å². The standard InChI is InChI=1S/C12H17BrOS/c1-12(2,8-13)9-15-11-6-4-10(14-3)5-7-11/h4-7H,8-9H2,1-3H3. The average Bonchev–Trinajstić information content (AvgIpc) is 2.27. The normalized spacial score (nSPS) is 11.5. The fourth-order valence-electron chi connectivity index (χ4n) is 0.989. The molecule has 0 aliphatic carbocycles. The molecule has 84 valence electrons. The van der Waals surface area contributed by atoms with Crippen LogP contribution in [0.5, 0.6) is 5.75 Å². The summed E-state index contributed by atoms with van der Waals surface area (Å²) in [6.07, 6.45) is 0. The van der Waals surface area contributed by atoms with Crippen molar-refractivity contribution in [1.82, 2.24) is 0 Å². The maximum atomic E-state index is 5.12. The topological polar surface area (TPSA) is 9.23 Å². The molecule has 1 nitrogen and oxygen atoms in total. The van der Waals surface area contributed by atoms with Gasteiger partial charge in [-0.25, -0.2) is 0 Å². The van der Waals surface area contributed by atoms with Crippen molar-refractivity contribution < 1.29 is 4.74 Å². The van der Waals surface area contributed by atoms with E-state index in [9.17, 15) is 0 Å². The van der Waals surface area contributed by atoms with E-state index in [4.69, 9.17) is 4.74 Å². The lowest BCUT2D eigenvalue weighted by molar-refractivity contribution is 0.414. The van der Waals surface area contributed by atoms with E-state index in [-0.39, 0.29) is 0 Å². The predicted molar refractivity (Wildman–Crippen MR) is 71.3 cm³/mol. The van der Waals surface area contributed by atoms with Crippen LogP contribution >= 0.6 is 27.7 Å². The van der Waals surface area contributed by atoms with Gasteiger partial charge in [-0.2, -0.15) is 0 Å². The molecule has 3 heteroatoms. The van der Waals surface area contributed by atoms with Crippen LogP contribution in [-0.2, 0) is 0 Å². The second-order valence-corrected chi connectivity index (χ2v) is 5.87. The van der Waals surface area contributed by atoms with E-state index >= 15 is 0 Å². The summed E-state index contributed by atoms with van der Waals surface area (Å²) in [5.74, 6) is 2.03. The van der Waals surface area contributed by atoms with E-state index < -0.39 is 0 Å². The fraction of sp³-hybridized carbons (Fsp3) is 0.500. The van der Waals surface area contributed by atoms with Gasteiger partial charge in [0.25, 0.3) is 0 Å². The zero-order valence-electron chi connectivity index (χ0n) is 9.42. The highest BCUT2D eigenvalue weighted by atomic mass is 79.9. The van der Waals surface area contributed by atoms with Crippen molar-refractivity contribution in [3.63, 3.8) is 0 Å². The number of thioether (sulfide) groups is 1. The molecule has 0 atom stereocenters. The van der Waals surface area contributed by atoms with Crippen LogP contribution in [-0.4, -0.2) is 18.2 Å². The molecule has 0 saturated carbocycles. The van der Waals surface area contributed by atoms with Gasteiger partial charge in [0.05, 0.1) is 7.11 Å². The highest BCUT2D eigenvalue weighted by Gasteiger charge is 2.16. The van der Waals surface area contributed by atoms with Crippen molar-refractivity contribution >= 4 is 27.7 Å². The van der Waals surface area contributed by atoms with Gasteiger partial charge in [0.15, 0.2) is 0 Å². The number of halogens is 1. The van der Waals surface area contributed by atoms with Crippen LogP contribution in [0.25, 0.3) is 0 Å². The third-order valence-electron chi connectivity index (χ3n) is 2.05.